The maximum atomic E-state index is 12.6. The van der Waals surface area contributed by atoms with Gasteiger partial charge in [0.15, 0.2) is 5.65 Å². The molecule has 0 unspecified atom stereocenters. The summed E-state index contributed by atoms with van der Waals surface area (Å²) in [5.41, 5.74) is 0.879. The highest BCUT2D eigenvalue weighted by Crippen LogP contribution is 2.26. The van der Waals surface area contributed by atoms with Gasteiger partial charge in [-0.25, -0.2) is 23.4 Å². The molecule has 0 amide bonds. The van der Waals surface area contributed by atoms with Crippen molar-refractivity contribution in [1.29, 1.82) is 0 Å². The summed E-state index contributed by atoms with van der Waals surface area (Å²) in [4.78, 5) is 10.8. The monoisotopic (exact) mass is 311 g/mol. The first kappa shape index (κ1) is 15.1. The number of alkyl halides is 2. The molecule has 1 saturated heterocycles. The molecule has 8 heteroatoms. The fourth-order valence-corrected chi connectivity index (χ4v) is 2.89. The lowest BCUT2D eigenvalue weighted by molar-refractivity contribution is 0.123. The van der Waals surface area contributed by atoms with Crippen molar-refractivity contribution in [2.75, 3.05) is 18.1 Å². The number of aliphatic hydroxyl groups is 1. The number of hydrogen-bond donors (Lipinski definition) is 1. The molecule has 0 radical (unpaired) electrons. The van der Waals surface area contributed by atoms with Gasteiger partial charge in [-0.05, 0) is 25.7 Å². The van der Waals surface area contributed by atoms with Crippen LogP contribution in [0.3, 0.4) is 0 Å². The van der Waals surface area contributed by atoms with Crippen molar-refractivity contribution < 1.29 is 13.9 Å². The normalized spacial score (nSPS) is 22.7. The molecule has 3 rings (SSSR count). The number of fused-ring (bicyclic) bond motifs is 1. The molecule has 22 heavy (non-hydrogen) atoms. The molecule has 1 aliphatic rings. The molecule has 2 aromatic heterocycles. The van der Waals surface area contributed by atoms with Gasteiger partial charge in [0.05, 0.1) is 12.4 Å². The largest absolute Gasteiger partial charge is 0.396 e. The Kier molecular flexibility index (Phi) is 4.19. The lowest BCUT2D eigenvalue weighted by Crippen LogP contribution is -2.43. The van der Waals surface area contributed by atoms with E-state index in [4.69, 9.17) is 0 Å². The van der Waals surface area contributed by atoms with E-state index < -0.39 is 13.0 Å². The zero-order valence-electron chi connectivity index (χ0n) is 12.4. The van der Waals surface area contributed by atoms with Crippen LogP contribution in [0.2, 0.25) is 0 Å². The summed E-state index contributed by atoms with van der Waals surface area (Å²) in [5.74, 6) is 0.855. The minimum Gasteiger partial charge on any atom is -0.396 e. The van der Waals surface area contributed by atoms with E-state index in [-0.39, 0.29) is 18.6 Å². The third kappa shape index (κ3) is 2.87. The number of piperidine rings is 1. The smallest absolute Gasteiger partial charge is 0.258 e. The molecular formula is C14H19F2N5O. The maximum absolute atomic E-state index is 12.6. The molecule has 1 N–H and O–H groups in total. The Balaban J connectivity index is 1.93. The number of halogens is 2. The van der Waals surface area contributed by atoms with E-state index in [9.17, 15) is 13.9 Å². The zero-order chi connectivity index (χ0) is 15.7. The second kappa shape index (κ2) is 6.12. The molecule has 1 aliphatic heterocycles. The molecule has 0 spiro atoms. The van der Waals surface area contributed by atoms with Crippen molar-refractivity contribution in [2.45, 2.75) is 38.8 Å². The van der Waals surface area contributed by atoms with Crippen LogP contribution in [-0.4, -0.2) is 50.5 Å². The van der Waals surface area contributed by atoms with Crippen LogP contribution < -0.4 is 4.90 Å². The Labute approximate surface area is 126 Å². The number of hydrogen-bond acceptors (Lipinski definition) is 5. The first-order chi connectivity index (χ1) is 10.6. The molecular weight excluding hydrogens is 292 g/mol. The molecule has 3 heterocycles. The first-order valence-electron chi connectivity index (χ1n) is 7.42. The molecule has 0 aliphatic carbocycles. The van der Waals surface area contributed by atoms with Gasteiger partial charge in [0.1, 0.15) is 17.9 Å². The summed E-state index contributed by atoms with van der Waals surface area (Å²) in [6, 6.07) is 0.279. The maximum Gasteiger partial charge on any atom is 0.258 e. The van der Waals surface area contributed by atoms with Gasteiger partial charge < -0.3 is 10.0 Å². The SMILES string of the molecule is C[C@H]1CC[C@@H](CO)CN1c1cnc2cnn(CC(F)F)c2n1. The van der Waals surface area contributed by atoms with Crippen molar-refractivity contribution in [3.8, 4) is 0 Å². The average molecular weight is 311 g/mol. The Morgan fingerprint density at radius 1 is 1.36 bits per heavy atom. The number of rotatable bonds is 4. The van der Waals surface area contributed by atoms with Gasteiger partial charge in [-0.2, -0.15) is 5.10 Å². The van der Waals surface area contributed by atoms with Gasteiger partial charge in [0.2, 0.25) is 0 Å². The van der Waals surface area contributed by atoms with Gasteiger partial charge >= 0.3 is 0 Å². The molecule has 0 bridgehead atoms. The summed E-state index contributed by atoms with van der Waals surface area (Å²) in [7, 11) is 0. The summed E-state index contributed by atoms with van der Waals surface area (Å²) >= 11 is 0. The van der Waals surface area contributed by atoms with E-state index in [1.807, 2.05) is 0 Å². The van der Waals surface area contributed by atoms with Crippen LogP contribution in [0.25, 0.3) is 11.2 Å². The number of aromatic nitrogens is 4. The zero-order valence-corrected chi connectivity index (χ0v) is 12.4. The lowest BCUT2D eigenvalue weighted by atomic mass is 9.94. The highest BCUT2D eigenvalue weighted by Gasteiger charge is 2.26. The quantitative estimate of drug-likeness (QED) is 0.930. The van der Waals surface area contributed by atoms with Gasteiger partial charge in [-0.15, -0.1) is 0 Å². The third-order valence-electron chi connectivity index (χ3n) is 4.18. The van der Waals surface area contributed by atoms with Crippen molar-refractivity contribution >= 4 is 17.0 Å². The Bertz CT molecular complexity index is 647. The molecule has 0 aromatic carbocycles. The molecule has 1 fully saturated rings. The Hall–Kier alpha value is -1.83. The molecule has 6 nitrogen and oxygen atoms in total. The van der Waals surface area contributed by atoms with Crippen LogP contribution in [0.15, 0.2) is 12.4 Å². The van der Waals surface area contributed by atoms with Crippen molar-refractivity contribution in [2.24, 2.45) is 5.92 Å². The van der Waals surface area contributed by atoms with E-state index in [1.165, 1.54) is 10.9 Å². The fourth-order valence-electron chi connectivity index (χ4n) is 2.89. The topological polar surface area (TPSA) is 67.1 Å². The second-order valence-electron chi connectivity index (χ2n) is 5.78. The Morgan fingerprint density at radius 2 is 2.18 bits per heavy atom. The van der Waals surface area contributed by atoms with E-state index in [1.54, 1.807) is 6.20 Å². The van der Waals surface area contributed by atoms with Crippen LogP contribution in [-0.2, 0) is 6.54 Å². The standard InChI is InChI=1S/C14H19F2N5O/c1-9-2-3-10(8-22)6-20(9)13-5-17-11-4-18-21(7-12(15)16)14(11)19-13/h4-5,9-10,12,22H,2-3,6-8H2,1H3/t9-,10+/m0/s1. The van der Waals surface area contributed by atoms with Gasteiger partial charge in [-0.3, -0.25) is 0 Å². The molecule has 0 saturated carbocycles. The van der Waals surface area contributed by atoms with E-state index in [2.05, 4.69) is 26.9 Å². The predicted octanol–water partition coefficient (Wildman–Crippen LogP) is 1.69. The number of aliphatic hydroxyl groups excluding tert-OH is 1. The molecule has 2 aromatic rings. The van der Waals surface area contributed by atoms with E-state index in [0.29, 0.717) is 23.5 Å². The summed E-state index contributed by atoms with van der Waals surface area (Å²) in [5, 5.41) is 13.3. The van der Waals surface area contributed by atoms with E-state index >= 15 is 0 Å². The summed E-state index contributed by atoms with van der Waals surface area (Å²) in [6.07, 6.45) is 2.55. The van der Waals surface area contributed by atoms with Gasteiger partial charge in [0.25, 0.3) is 6.43 Å². The van der Waals surface area contributed by atoms with Crippen molar-refractivity contribution in [3.63, 3.8) is 0 Å². The summed E-state index contributed by atoms with van der Waals surface area (Å²) < 4.78 is 26.4. The second-order valence-corrected chi connectivity index (χ2v) is 5.78. The van der Waals surface area contributed by atoms with Gasteiger partial charge in [-0.1, -0.05) is 0 Å². The van der Waals surface area contributed by atoms with Gasteiger partial charge in [0, 0.05) is 19.2 Å². The van der Waals surface area contributed by atoms with Crippen molar-refractivity contribution in [1.82, 2.24) is 19.7 Å². The van der Waals surface area contributed by atoms with E-state index in [0.717, 1.165) is 12.8 Å². The number of anilines is 1. The third-order valence-corrected chi connectivity index (χ3v) is 4.18. The van der Waals surface area contributed by atoms with Crippen LogP contribution in [0, 0.1) is 5.92 Å². The highest BCUT2D eigenvalue weighted by atomic mass is 19.3. The molecule has 120 valence electrons. The van der Waals surface area contributed by atoms with Crippen LogP contribution in [0.1, 0.15) is 19.8 Å². The fraction of sp³-hybridized carbons (Fsp3) is 0.643. The van der Waals surface area contributed by atoms with Crippen LogP contribution in [0.4, 0.5) is 14.6 Å². The van der Waals surface area contributed by atoms with Crippen molar-refractivity contribution in [3.05, 3.63) is 12.4 Å². The Morgan fingerprint density at radius 3 is 2.91 bits per heavy atom. The highest BCUT2D eigenvalue weighted by molar-refractivity contribution is 5.71. The predicted molar refractivity (Wildman–Crippen MR) is 77.9 cm³/mol. The average Bonchev–Trinajstić information content (AvgIpc) is 2.89. The first-order valence-corrected chi connectivity index (χ1v) is 7.42. The summed E-state index contributed by atoms with van der Waals surface area (Å²) in [6.45, 7) is 2.44. The lowest BCUT2D eigenvalue weighted by Gasteiger charge is -2.38. The number of nitrogens with zero attached hydrogens (tertiary/aromatic N) is 5. The minimum absolute atomic E-state index is 0.141. The minimum atomic E-state index is -2.48. The molecule has 2 atom stereocenters. The van der Waals surface area contributed by atoms with Crippen LogP contribution in [0.5, 0.6) is 0 Å². The van der Waals surface area contributed by atoms with Crippen LogP contribution >= 0.6 is 0 Å².